The molecule has 4 fully saturated rings. The van der Waals surface area contributed by atoms with Crippen molar-refractivity contribution in [2.24, 2.45) is 23.7 Å². The average molecular weight is 826 g/mol. The van der Waals surface area contributed by atoms with Gasteiger partial charge in [-0.25, -0.2) is 4.79 Å². The third-order valence-electron chi connectivity index (χ3n) is 13.5. The predicted molar refractivity (Wildman–Crippen MR) is 215 cm³/mol. The molecule has 0 aromatic carbocycles. The van der Waals surface area contributed by atoms with Crippen LogP contribution in [0.2, 0.25) is 0 Å². The van der Waals surface area contributed by atoms with E-state index in [1.807, 2.05) is 32.0 Å². The molecular weight excluding hydrogens is 762 g/mol. The number of Topliss-reactive ketones (excluding diaryl/α,β-unsaturated/α-hetero) is 2. The molecule has 2 aromatic heterocycles. The summed E-state index contributed by atoms with van der Waals surface area (Å²) in [5.41, 5.74) is -0.892. The summed E-state index contributed by atoms with van der Waals surface area (Å²) in [7, 11) is 5.22. The van der Waals surface area contributed by atoms with Crippen molar-refractivity contribution in [1.82, 2.24) is 24.7 Å². The number of hydrogen-bond acceptors (Lipinski definition) is 15. The molecule has 6 heterocycles. The molecule has 4 saturated heterocycles. The zero-order chi connectivity index (χ0) is 43.3. The third-order valence-corrected chi connectivity index (χ3v) is 13.5. The number of pyridine rings is 2. The van der Waals surface area contributed by atoms with Gasteiger partial charge in [0.1, 0.15) is 29.7 Å². The number of carbonyl (C=O) groups excluding carboxylic acids is 4. The van der Waals surface area contributed by atoms with Crippen molar-refractivity contribution in [3.05, 3.63) is 30.1 Å². The van der Waals surface area contributed by atoms with Gasteiger partial charge >= 0.3 is 12.1 Å². The Labute approximate surface area is 346 Å². The molecule has 0 spiro atoms. The van der Waals surface area contributed by atoms with Gasteiger partial charge in [0, 0.05) is 62.3 Å². The van der Waals surface area contributed by atoms with Crippen molar-refractivity contribution in [3.63, 3.8) is 0 Å². The Morgan fingerprint density at radius 3 is 2.36 bits per heavy atom. The maximum Gasteiger partial charge on any atom is 0.411 e. The minimum Gasteiger partial charge on any atom is -0.506 e. The third kappa shape index (κ3) is 8.32. The van der Waals surface area contributed by atoms with Crippen molar-refractivity contribution in [2.75, 3.05) is 34.3 Å². The van der Waals surface area contributed by atoms with Crippen LogP contribution in [0.1, 0.15) is 80.2 Å². The lowest BCUT2D eigenvalue weighted by atomic mass is 9.73. The smallest absolute Gasteiger partial charge is 0.411 e. The van der Waals surface area contributed by atoms with E-state index < -0.39 is 83.4 Å². The fourth-order valence-corrected chi connectivity index (χ4v) is 10.1. The van der Waals surface area contributed by atoms with E-state index in [0.29, 0.717) is 42.7 Å². The molecule has 13 atom stereocenters. The van der Waals surface area contributed by atoms with Crippen molar-refractivity contribution in [3.8, 4) is 5.75 Å². The van der Waals surface area contributed by atoms with Gasteiger partial charge in [-0.2, -0.15) is 0 Å². The van der Waals surface area contributed by atoms with Crippen molar-refractivity contribution < 1.29 is 53.1 Å². The molecule has 2 aromatic rings. The summed E-state index contributed by atoms with van der Waals surface area (Å²) < 4.78 is 31.3. The minimum absolute atomic E-state index is 0.0206. The highest BCUT2D eigenvalue weighted by atomic mass is 16.7. The van der Waals surface area contributed by atoms with E-state index in [2.05, 4.69) is 14.9 Å². The highest BCUT2D eigenvalue weighted by Gasteiger charge is 2.62. The molecule has 4 aliphatic heterocycles. The van der Waals surface area contributed by atoms with Gasteiger partial charge < -0.3 is 38.8 Å². The second-order valence-electron chi connectivity index (χ2n) is 17.9. The molecule has 4 aliphatic rings. The van der Waals surface area contributed by atoms with Crippen molar-refractivity contribution in [2.45, 2.75) is 141 Å². The van der Waals surface area contributed by atoms with Gasteiger partial charge in [-0.05, 0) is 73.2 Å². The van der Waals surface area contributed by atoms with E-state index in [9.17, 15) is 29.4 Å². The number of likely N-dealkylation sites (tertiary alicyclic amines) is 1. The number of methoxy groups -OCH3 is 1. The standard InChI is InChI=1S/C43H63N5O11/c1-12-32-43(8)37(48(41(54)59-43)27-19-47(20-27)21-28-31(49)18-45-29-14-13-15-44-33(28)29)24(4)34(50)22(2)17-42(7,55-11)38(25(5)35(51)26(6)39(53)57-32)58-40-36(52)30(46(9)10)16-23(3)56-40/h13-15,18,22-27,30,32,36-38,40,49,52H,12,16-17,19-21H2,1-11H3/t22-,23-,24+,25+,26-,30+,32-,36-,37-,38-,40+,42-,43-/m1/s1. The lowest BCUT2D eigenvalue weighted by molar-refractivity contribution is -0.295. The van der Waals surface area contributed by atoms with Crippen LogP contribution in [0.4, 0.5) is 4.79 Å². The first-order valence-electron chi connectivity index (χ1n) is 20.9. The minimum atomic E-state index is -1.46. The average Bonchev–Trinajstić information content (AvgIpc) is 3.45. The quantitative estimate of drug-likeness (QED) is 0.289. The number of ketones is 2. The maximum absolute atomic E-state index is 14.8. The molecule has 2 N–H and O–H groups in total. The number of likely N-dealkylation sites (N-methyl/N-ethyl adjacent to an activating group) is 1. The zero-order valence-corrected chi connectivity index (χ0v) is 36.3. The molecule has 326 valence electrons. The fourth-order valence-electron chi connectivity index (χ4n) is 10.1. The largest absolute Gasteiger partial charge is 0.506 e. The van der Waals surface area contributed by atoms with Gasteiger partial charge in [0.05, 0.1) is 47.1 Å². The monoisotopic (exact) mass is 825 g/mol. The molecule has 1 amide bonds. The number of aliphatic hydroxyl groups is 1. The number of aromatic hydroxyl groups is 1. The Balaban J connectivity index is 1.33. The summed E-state index contributed by atoms with van der Waals surface area (Å²) >= 11 is 0. The number of hydrogen-bond donors (Lipinski definition) is 2. The summed E-state index contributed by atoms with van der Waals surface area (Å²) in [5, 5.41) is 22.2. The van der Waals surface area contributed by atoms with E-state index in [4.69, 9.17) is 23.7 Å². The molecule has 0 radical (unpaired) electrons. The van der Waals surface area contributed by atoms with Crippen LogP contribution in [-0.4, -0.2) is 153 Å². The van der Waals surface area contributed by atoms with E-state index >= 15 is 0 Å². The number of cyclic esters (lactones) is 1. The van der Waals surface area contributed by atoms with E-state index in [1.54, 1.807) is 58.7 Å². The number of carbonyl (C=O) groups is 4. The first kappa shape index (κ1) is 44.7. The number of fused-ring (bicyclic) bond motifs is 2. The fraction of sp³-hybridized carbons (Fsp3) is 0.721. The molecular formula is C43H63N5O11. The second-order valence-corrected chi connectivity index (χ2v) is 17.9. The highest BCUT2D eigenvalue weighted by Crippen LogP contribution is 2.45. The summed E-state index contributed by atoms with van der Waals surface area (Å²) in [6.45, 7) is 15.1. The van der Waals surface area contributed by atoms with Gasteiger partial charge in [0.2, 0.25) is 0 Å². The second kappa shape index (κ2) is 17.3. The topological polar surface area (TPSA) is 190 Å². The van der Waals surface area contributed by atoms with Crippen LogP contribution in [0.25, 0.3) is 11.0 Å². The highest BCUT2D eigenvalue weighted by molar-refractivity contribution is 6.00. The predicted octanol–water partition coefficient (Wildman–Crippen LogP) is 3.72. The number of amides is 1. The van der Waals surface area contributed by atoms with Gasteiger partial charge in [-0.1, -0.05) is 27.7 Å². The number of esters is 1. The number of ether oxygens (including phenoxy) is 5. The molecule has 16 heteroatoms. The Bertz CT molecular complexity index is 1890. The van der Waals surface area contributed by atoms with Gasteiger partial charge in [0.15, 0.2) is 17.7 Å². The number of aromatic nitrogens is 2. The van der Waals surface area contributed by atoms with Crippen molar-refractivity contribution in [1.29, 1.82) is 0 Å². The maximum atomic E-state index is 14.8. The molecule has 0 aliphatic carbocycles. The lowest BCUT2D eigenvalue weighted by Gasteiger charge is -2.48. The zero-order valence-electron chi connectivity index (χ0n) is 36.3. The van der Waals surface area contributed by atoms with E-state index in [1.165, 1.54) is 20.2 Å². The number of rotatable bonds is 8. The van der Waals surface area contributed by atoms with Gasteiger partial charge in [-0.15, -0.1) is 0 Å². The SMILES string of the molecule is CC[C@H]1OC(=O)[C@H](C)C(=O)[C@H](C)[C@@H](O[C@@H]2O[C@H](C)C[C@H](N(C)C)[C@H]2O)[C@](C)(OC)C[C@@H](C)C(=O)[C@H](C)[C@H]2N(C3CN(Cc4c(O)cnc5cccnc45)C3)C(=O)O[C@]12C. The van der Waals surface area contributed by atoms with Crippen LogP contribution in [0.15, 0.2) is 24.5 Å². The first-order valence-corrected chi connectivity index (χ1v) is 20.9. The molecule has 6 rings (SSSR count). The van der Waals surface area contributed by atoms with E-state index in [-0.39, 0.29) is 42.6 Å². The molecule has 16 nitrogen and oxygen atoms in total. The van der Waals surface area contributed by atoms with E-state index in [0.717, 1.165) is 0 Å². The van der Waals surface area contributed by atoms with Crippen LogP contribution < -0.4 is 0 Å². The Morgan fingerprint density at radius 2 is 1.71 bits per heavy atom. The van der Waals surface area contributed by atoms with Crippen LogP contribution in [-0.2, 0) is 44.6 Å². The lowest BCUT2D eigenvalue weighted by Crippen LogP contribution is -2.65. The summed E-state index contributed by atoms with van der Waals surface area (Å²) in [5.74, 6) is -5.12. The van der Waals surface area contributed by atoms with Crippen LogP contribution in [0.3, 0.4) is 0 Å². The summed E-state index contributed by atoms with van der Waals surface area (Å²) in [6, 6.07) is 2.09. The van der Waals surface area contributed by atoms with Gasteiger partial charge in [-0.3, -0.25) is 34.2 Å². The number of nitrogens with zero attached hydrogens (tertiary/aromatic N) is 5. The molecule has 0 saturated carbocycles. The molecule has 59 heavy (non-hydrogen) atoms. The van der Waals surface area contributed by atoms with Crippen LogP contribution in [0, 0.1) is 23.7 Å². The first-order chi connectivity index (χ1) is 27.8. The normalized spacial score (nSPS) is 38.2. The molecule has 0 unspecified atom stereocenters. The summed E-state index contributed by atoms with van der Waals surface area (Å²) in [4.78, 5) is 71.7. The number of aliphatic hydroxyl groups excluding tert-OH is 1. The summed E-state index contributed by atoms with van der Waals surface area (Å²) in [6.07, 6.45) is -1.21. The Morgan fingerprint density at radius 1 is 1.02 bits per heavy atom. The Kier molecular flexibility index (Phi) is 13.1. The molecule has 0 bridgehead atoms. The van der Waals surface area contributed by atoms with Gasteiger partial charge in [0.25, 0.3) is 0 Å². The Hall–Kier alpha value is -3.80. The van der Waals surface area contributed by atoms with Crippen molar-refractivity contribution >= 4 is 34.7 Å². The van der Waals surface area contributed by atoms with Crippen LogP contribution in [0.5, 0.6) is 5.75 Å². The van der Waals surface area contributed by atoms with Crippen LogP contribution >= 0.6 is 0 Å².